The molecule has 2 fully saturated rings. The van der Waals surface area contributed by atoms with Crippen LogP contribution in [0.3, 0.4) is 0 Å². The van der Waals surface area contributed by atoms with Crippen molar-refractivity contribution in [3.63, 3.8) is 0 Å². The van der Waals surface area contributed by atoms with Gasteiger partial charge in [0.1, 0.15) is 0 Å². The molecule has 1 aliphatic carbocycles. The number of nitrogens with zero attached hydrogens (tertiary/aromatic N) is 2. The number of carbonyl (C=O) groups is 1. The minimum atomic E-state index is -2.90. The van der Waals surface area contributed by atoms with Gasteiger partial charge >= 0.3 is 0 Å². The van der Waals surface area contributed by atoms with Gasteiger partial charge in [0.25, 0.3) is 0 Å². The van der Waals surface area contributed by atoms with E-state index >= 15 is 0 Å². The Morgan fingerprint density at radius 3 is 2.25 bits per heavy atom. The maximum absolute atomic E-state index is 12.9. The van der Waals surface area contributed by atoms with Gasteiger partial charge < -0.3 is 4.90 Å². The van der Waals surface area contributed by atoms with Gasteiger partial charge in [0.05, 0.1) is 18.1 Å². The molecule has 0 bridgehead atoms. The van der Waals surface area contributed by atoms with Crippen LogP contribution >= 0.6 is 0 Å². The van der Waals surface area contributed by atoms with Gasteiger partial charge in [0.15, 0.2) is 9.84 Å². The Bertz CT molecular complexity index is 498. The number of rotatable bonds is 7. The third kappa shape index (κ3) is 5.73. The molecule has 1 amide bonds. The highest BCUT2D eigenvalue weighted by molar-refractivity contribution is 7.91. The zero-order valence-electron chi connectivity index (χ0n) is 15.4. The Morgan fingerprint density at radius 1 is 1.04 bits per heavy atom. The molecule has 0 aromatic rings. The minimum Gasteiger partial charge on any atom is -0.339 e. The number of unbranched alkanes of at least 4 members (excludes halogenated alkanes) is 1. The Labute approximate surface area is 147 Å². The molecule has 140 valence electrons. The average Bonchev–Trinajstić information content (AvgIpc) is 2.74. The van der Waals surface area contributed by atoms with E-state index < -0.39 is 9.84 Å². The van der Waals surface area contributed by atoms with E-state index in [1.807, 2.05) is 11.9 Å². The normalized spacial score (nSPS) is 24.9. The molecule has 0 unspecified atom stereocenters. The number of hydrogen-bond acceptors (Lipinski definition) is 4. The summed E-state index contributed by atoms with van der Waals surface area (Å²) in [6, 6.07) is 0.383. The first-order chi connectivity index (χ1) is 11.4. The van der Waals surface area contributed by atoms with Crippen molar-refractivity contribution in [2.45, 2.75) is 76.8 Å². The molecule has 1 atom stereocenters. The third-order valence-electron chi connectivity index (χ3n) is 5.55. The number of sulfone groups is 1. The second-order valence-electron chi connectivity index (χ2n) is 7.56. The van der Waals surface area contributed by atoms with Crippen LogP contribution in [-0.4, -0.2) is 67.9 Å². The van der Waals surface area contributed by atoms with Crippen LogP contribution in [0.1, 0.15) is 64.7 Å². The molecule has 2 aliphatic rings. The van der Waals surface area contributed by atoms with E-state index in [-0.39, 0.29) is 23.5 Å². The van der Waals surface area contributed by atoms with Crippen LogP contribution in [0.25, 0.3) is 0 Å². The van der Waals surface area contributed by atoms with E-state index in [2.05, 4.69) is 11.8 Å². The smallest absolute Gasteiger partial charge is 0.236 e. The summed E-state index contributed by atoms with van der Waals surface area (Å²) in [4.78, 5) is 17.0. The zero-order chi connectivity index (χ0) is 17.6. The van der Waals surface area contributed by atoms with Gasteiger partial charge in [-0.05, 0) is 32.7 Å². The van der Waals surface area contributed by atoms with Crippen LogP contribution in [-0.2, 0) is 14.6 Å². The predicted octanol–water partition coefficient (Wildman–Crippen LogP) is 2.46. The summed E-state index contributed by atoms with van der Waals surface area (Å²) in [7, 11) is -1.01. The van der Waals surface area contributed by atoms with Gasteiger partial charge in [-0.3, -0.25) is 9.69 Å². The molecule has 1 saturated heterocycles. The molecule has 1 heterocycles. The quantitative estimate of drug-likeness (QED) is 0.656. The second-order valence-corrected chi connectivity index (χ2v) is 9.79. The lowest BCUT2D eigenvalue weighted by Crippen LogP contribution is -2.47. The molecule has 2 rings (SSSR count). The Hall–Kier alpha value is -0.620. The minimum absolute atomic E-state index is 0.00103. The van der Waals surface area contributed by atoms with Crippen molar-refractivity contribution in [1.29, 1.82) is 0 Å². The summed E-state index contributed by atoms with van der Waals surface area (Å²) in [5.41, 5.74) is 0. The number of likely N-dealkylation sites (N-methyl/N-ethyl adjacent to an activating group) is 1. The van der Waals surface area contributed by atoms with Gasteiger partial charge in [0.2, 0.25) is 5.91 Å². The fourth-order valence-corrected chi connectivity index (χ4v) is 5.77. The maximum atomic E-state index is 12.9. The molecule has 0 spiro atoms. The lowest BCUT2D eigenvalue weighted by atomic mass is 10.1. The van der Waals surface area contributed by atoms with Gasteiger partial charge in [-0.15, -0.1) is 0 Å². The lowest BCUT2D eigenvalue weighted by Gasteiger charge is -2.34. The highest BCUT2D eigenvalue weighted by atomic mass is 32.2. The summed E-state index contributed by atoms with van der Waals surface area (Å²) in [6.45, 7) is 3.35. The lowest BCUT2D eigenvalue weighted by molar-refractivity contribution is -0.135. The highest BCUT2D eigenvalue weighted by Crippen LogP contribution is 2.23. The molecule has 0 N–H and O–H groups in total. The van der Waals surface area contributed by atoms with Crippen molar-refractivity contribution in [3.8, 4) is 0 Å². The van der Waals surface area contributed by atoms with Gasteiger partial charge in [-0.2, -0.15) is 0 Å². The fourth-order valence-electron chi connectivity index (χ4n) is 3.97. The zero-order valence-corrected chi connectivity index (χ0v) is 16.2. The van der Waals surface area contributed by atoms with Crippen molar-refractivity contribution in [1.82, 2.24) is 9.80 Å². The van der Waals surface area contributed by atoms with Crippen LogP contribution in [0, 0.1) is 0 Å². The molecule has 1 aliphatic heterocycles. The molecular weight excluding hydrogens is 324 g/mol. The second kappa shape index (κ2) is 9.18. The van der Waals surface area contributed by atoms with Crippen molar-refractivity contribution >= 4 is 15.7 Å². The van der Waals surface area contributed by atoms with Gasteiger partial charge in [0, 0.05) is 18.6 Å². The maximum Gasteiger partial charge on any atom is 0.236 e. The molecule has 1 saturated carbocycles. The van der Waals surface area contributed by atoms with Crippen molar-refractivity contribution in [2.75, 3.05) is 31.6 Å². The highest BCUT2D eigenvalue weighted by Gasteiger charge is 2.32. The van der Waals surface area contributed by atoms with Gasteiger partial charge in [-0.1, -0.05) is 39.0 Å². The Kier molecular flexibility index (Phi) is 7.54. The van der Waals surface area contributed by atoms with Crippen molar-refractivity contribution in [3.05, 3.63) is 0 Å². The molecular formula is C18H34N2O3S. The van der Waals surface area contributed by atoms with Crippen molar-refractivity contribution < 1.29 is 13.2 Å². The Balaban J connectivity index is 1.95. The van der Waals surface area contributed by atoms with Crippen LogP contribution in [0.5, 0.6) is 0 Å². The van der Waals surface area contributed by atoms with Gasteiger partial charge in [-0.25, -0.2) is 8.42 Å². The number of hydrogen-bond donors (Lipinski definition) is 0. The standard InChI is InChI=1S/C18H34N2O3S/c1-3-4-12-20(16-9-7-5-6-8-10-16)18(21)14-19(2)17-11-13-24(22,23)15-17/h16-17H,3-15H2,1-2H3/t17-/m1/s1. The van der Waals surface area contributed by atoms with Crippen LogP contribution in [0.15, 0.2) is 0 Å². The molecule has 0 aromatic carbocycles. The topological polar surface area (TPSA) is 57.7 Å². The Morgan fingerprint density at radius 2 is 1.71 bits per heavy atom. The first-order valence-electron chi connectivity index (χ1n) is 9.63. The number of carbonyl (C=O) groups excluding carboxylic acids is 1. The summed E-state index contributed by atoms with van der Waals surface area (Å²) in [5.74, 6) is 0.648. The van der Waals surface area contributed by atoms with Crippen LogP contribution in [0.2, 0.25) is 0 Å². The van der Waals surface area contributed by atoms with Crippen molar-refractivity contribution in [2.24, 2.45) is 0 Å². The third-order valence-corrected chi connectivity index (χ3v) is 7.31. The molecule has 24 heavy (non-hydrogen) atoms. The average molecular weight is 359 g/mol. The predicted molar refractivity (Wildman–Crippen MR) is 97.8 cm³/mol. The molecule has 6 heteroatoms. The fraction of sp³-hybridized carbons (Fsp3) is 0.944. The van der Waals surface area contributed by atoms with Crippen LogP contribution < -0.4 is 0 Å². The summed E-state index contributed by atoms with van der Waals surface area (Å²) >= 11 is 0. The van der Waals surface area contributed by atoms with E-state index in [1.54, 1.807) is 0 Å². The molecule has 5 nitrogen and oxygen atoms in total. The molecule has 0 radical (unpaired) electrons. The van der Waals surface area contributed by atoms with E-state index in [4.69, 9.17) is 0 Å². The van der Waals surface area contributed by atoms with E-state index in [9.17, 15) is 13.2 Å². The summed E-state index contributed by atoms with van der Waals surface area (Å²) in [6.07, 6.45) is 10.0. The monoisotopic (exact) mass is 358 g/mol. The van der Waals surface area contributed by atoms with E-state index in [1.165, 1.54) is 25.7 Å². The number of amides is 1. The molecule has 0 aromatic heterocycles. The van der Waals surface area contributed by atoms with Crippen LogP contribution in [0.4, 0.5) is 0 Å². The first-order valence-corrected chi connectivity index (χ1v) is 11.4. The summed E-state index contributed by atoms with van der Waals surface area (Å²) in [5, 5.41) is 0. The SMILES string of the molecule is CCCCN(C(=O)CN(C)[C@@H]1CCS(=O)(=O)C1)C1CCCCCC1. The van der Waals surface area contributed by atoms with E-state index in [0.29, 0.717) is 19.0 Å². The largest absolute Gasteiger partial charge is 0.339 e. The first kappa shape index (κ1) is 19.7. The van der Waals surface area contributed by atoms with E-state index in [0.717, 1.165) is 32.2 Å². The summed E-state index contributed by atoms with van der Waals surface area (Å²) < 4.78 is 23.3.